The molecule has 0 aliphatic heterocycles. The molecule has 4 aromatic rings. The average molecular weight is 377 g/mol. The van der Waals surface area contributed by atoms with E-state index in [0.29, 0.717) is 29.1 Å². The van der Waals surface area contributed by atoms with Crippen molar-refractivity contribution in [2.24, 2.45) is 0 Å². The Morgan fingerprint density at radius 2 is 1.89 bits per heavy atom. The van der Waals surface area contributed by atoms with Crippen LogP contribution in [0, 0.1) is 5.82 Å². The molecule has 0 spiro atoms. The molecule has 4 rings (SSSR count). The van der Waals surface area contributed by atoms with Crippen LogP contribution in [0.1, 0.15) is 21.6 Å². The Labute approximate surface area is 160 Å². The van der Waals surface area contributed by atoms with Gasteiger partial charge in [-0.2, -0.15) is 0 Å². The third-order valence-electron chi connectivity index (χ3n) is 4.15. The zero-order valence-corrected chi connectivity index (χ0v) is 14.8. The van der Waals surface area contributed by atoms with Gasteiger partial charge in [0.15, 0.2) is 5.76 Å². The van der Waals surface area contributed by atoms with Gasteiger partial charge in [0.25, 0.3) is 0 Å². The predicted molar refractivity (Wildman–Crippen MR) is 98.8 cm³/mol. The highest BCUT2D eigenvalue weighted by Crippen LogP contribution is 2.21. The third kappa shape index (κ3) is 4.15. The second-order valence-corrected chi connectivity index (χ2v) is 6.20. The standard InChI is InChI=1S/C21H16FN3O3/c22-18-7-5-16(6-8-18)20-11-19(24-28-20)13-27-21(26)17-3-1-15(2-4-17)12-25-10-9-23-14-25/h1-11,14H,12-13H2. The molecule has 0 aliphatic carbocycles. The van der Waals surface area contributed by atoms with Crippen LogP contribution in [-0.4, -0.2) is 20.7 Å². The molecule has 0 bridgehead atoms. The van der Waals surface area contributed by atoms with Gasteiger partial charge in [0.1, 0.15) is 18.1 Å². The monoisotopic (exact) mass is 377 g/mol. The largest absolute Gasteiger partial charge is 0.455 e. The van der Waals surface area contributed by atoms with Crippen LogP contribution in [0.5, 0.6) is 0 Å². The predicted octanol–water partition coefficient (Wildman–Crippen LogP) is 4.08. The quantitative estimate of drug-likeness (QED) is 0.474. The van der Waals surface area contributed by atoms with E-state index in [2.05, 4.69) is 10.1 Å². The van der Waals surface area contributed by atoms with E-state index in [1.807, 2.05) is 22.9 Å². The van der Waals surface area contributed by atoms with Crippen LogP contribution in [0.2, 0.25) is 0 Å². The molecule has 0 atom stereocenters. The molecular formula is C21H16FN3O3. The maximum atomic E-state index is 13.0. The number of aromatic nitrogens is 3. The van der Waals surface area contributed by atoms with Crippen molar-refractivity contribution in [3.8, 4) is 11.3 Å². The molecule has 0 saturated carbocycles. The fraction of sp³-hybridized carbons (Fsp3) is 0.0952. The first kappa shape index (κ1) is 17.7. The summed E-state index contributed by atoms with van der Waals surface area (Å²) in [6.45, 7) is 0.667. The summed E-state index contributed by atoms with van der Waals surface area (Å²) in [5.41, 5.74) is 2.68. The first-order chi connectivity index (χ1) is 13.7. The normalized spacial score (nSPS) is 10.8. The molecule has 0 saturated heterocycles. The smallest absolute Gasteiger partial charge is 0.338 e. The Morgan fingerprint density at radius 3 is 2.61 bits per heavy atom. The summed E-state index contributed by atoms with van der Waals surface area (Å²) in [7, 11) is 0. The molecule has 7 heteroatoms. The van der Waals surface area contributed by atoms with Crippen molar-refractivity contribution < 1.29 is 18.4 Å². The second-order valence-electron chi connectivity index (χ2n) is 6.20. The third-order valence-corrected chi connectivity index (χ3v) is 4.15. The summed E-state index contributed by atoms with van der Waals surface area (Å²) in [6, 6.07) is 14.7. The van der Waals surface area contributed by atoms with Crippen LogP contribution < -0.4 is 0 Å². The van der Waals surface area contributed by atoms with Crippen LogP contribution in [0.15, 0.2) is 77.8 Å². The number of nitrogens with zero attached hydrogens (tertiary/aromatic N) is 3. The minimum atomic E-state index is -0.444. The first-order valence-electron chi connectivity index (χ1n) is 8.61. The van der Waals surface area contributed by atoms with Crippen LogP contribution in [0.25, 0.3) is 11.3 Å². The van der Waals surface area contributed by atoms with Crippen LogP contribution in [0.3, 0.4) is 0 Å². The molecule has 2 aromatic heterocycles. The van der Waals surface area contributed by atoms with Gasteiger partial charge in [-0.05, 0) is 42.0 Å². The van der Waals surface area contributed by atoms with Crippen molar-refractivity contribution in [3.63, 3.8) is 0 Å². The molecule has 28 heavy (non-hydrogen) atoms. The number of carbonyl (C=O) groups excluding carboxylic acids is 1. The highest BCUT2D eigenvalue weighted by atomic mass is 19.1. The maximum absolute atomic E-state index is 13.0. The Balaban J connectivity index is 1.34. The number of hydrogen-bond donors (Lipinski definition) is 0. The molecular weight excluding hydrogens is 361 g/mol. The zero-order chi connectivity index (χ0) is 19.3. The second kappa shape index (κ2) is 7.87. The molecule has 2 heterocycles. The minimum absolute atomic E-state index is 0.0136. The minimum Gasteiger partial charge on any atom is -0.455 e. The lowest BCUT2D eigenvalue weighted by molar-refractivity contribution is 0.0464. The highest BCUT2D eigenvalue weighted by Gasteiger charge is 2.11. The highest BCUT2D eigenvalue weighted by molar-refractivity contribution is 5.89. The van der Waals surface area contributed by atoms with Gasteiger partial charge in [0, 0.05) is 30.6 Å². The number of ether oxygens (including phenoxy) is 1. The number of carbonyl (C=O) groups is 1. The van der Waals surface area contributed by atoms with Crippen LogP contribution in [0.4, 0.5) is 4.39 Å². The first-order valence-corrected chi connectivity index (χ1v) is 8.61. The molecule has 2 aromatic carbocycles. The fourth-order valence-electron chi connectivity index (χ4n) is 2.69. The van der Waals surface area contributed by atoms with Gasteiger partial charge in [-0.3, -0.25) is 0 Å². The lowest BCUT2D eigenvalue weighted by atomic mass is 10.1. The molecule has 140 valence electrons. The summed E-state index contributed by atoms with van der Waals surface area (Å²) in [4.78, 5) is 16.2. The lowest BCUT2D eigenvalue weighted by Crippen LogP contribution is -2.06. The Kier molecular flexibility index (Phi) is 4.97. The number of imidazole rings is 1. The van der Waals surface area contributed by atoms with Gasteiger partial charge in [-0.25, -0.2) is 14.2 Å². The van der Waals surface area contributed by atoms with Gasteiger partial charge in [-0.1, -0.05) is 17.3 Å². The van der Waals surface area contributed by atoms with E-state index in [9.17, 15) is 9.18 Å². The van der Waals surface area contributed by atoms with Gasteiger partial charge in [0.05, 0.1) is 11.9 Å². The van der Waals surface area contributed by atoms with Gasteiger partial charge < -0.3 is 13.8 Å². The summed E-state index contributed by atoms with van der Waals surface area (Å²) in [6.07, 6.45) is 5.33. The van der Waals surface area contributed by atoms with Crippen LogP contribution >= 0.6 is 0 Å². The summed E-state index contributed by atoms with van der Waals surface area (Å²) >= 11 is 0. The number of halogens is 1. The van der Waals surface area contributed by atoms with Crippen molar-refractivity contribution in [1.82, 2.24) is 14.7 Å². The molecule has 6 nitrogen and oxygen atoms in total. The molecule has 0 amide bonds. The summed E-state index contributed by atoms with van der Waals surface area (Å²) in [5, 5.41) is 3.88. The van der Waals surface area contributed by atoms with E-state index in [4.69, 9.17) is 9.26 Å². The number of hydrogen-bond acceptors (Lipinski definition) is 5. The van der Waals surface area contributed by atoms with E-state index < -0.39 is 5.97 Å². The molecule has 0 unspecified atom stereocenters. The SMILES string of the molecule is O=C(OCc1cc(-c2ccc(F)cc2)on1)c1ccc(Cn2ccnc2)cc1. The number of esters is 1. The number of benzene rings is 2. The average Bonchev–Trinajstić information content (AvgIpc) is 3.39. The molecule has 0 radical (unpaired) electrons. The summed E-state index contributed by atoms with van der Waals surface area (Å²) in [5.74, 6) is -0.288. The van der Waals surface area contributed by atoms with Crippen LogP contribution in [-0.2, 0) is 17.9 Å². The Morgan fingerprint density at radius 1 is 1.11 bits per heavy atom. The van der Waals surface area contributed by atoms with Crippen molar-refractivity contribution in [1.29, 1.82) is 0 Å². The van der Waals surface area contributed by atoms with Crippen molar-refractivity contribution >= 4 is 5.97 Å². The van der Waals surface area contributed by atoms with Crippen molar-refractivity contribution in [2.45, 2.75) is 13.2 Å². The van der Waals surface area contributed by atoms with Gasteiger partial charge in [0.2, 0.25) is 0 Å². The van der Waals surface area contributed by atoms with E-state index in [-0.39, 0.29) is 12.4 Å². The molecule has 0 fully saturated rings. The fourth-order valence-corrected chi connectivity index (χ4v) is 2.69. The molecule has 0 N–H and O–H groups in total. The number of rotatable bonds is 6. The van der Waals surface area contributed by atoms with E-state index in [1.165, 1.54) is 12.1 Å². The van der Waals surface area contributed by atoms with Crippen molar-refractivity contribution in [3.05, 3.63) is 96.0 Å². The van der Waals surface area contributed by atoms with Crippen molar-refractivity contribution in [2.75, 3.05) is 0 Å². The maximum Gasteiger partial charge on any atom is 0.338 e. The zero-order valence-electron chi connectivity index (χ0n) is 14.8. The Bertz CT molecular complexity index is 1060. The van der Waals surface area contributed by atoms with Gasteiger partial charge in [-0.15, -0.1) is 0 Å². The van der Waals surface area contributed by atoms with E-state index in [1.54, 1.807) is 42.9 Å². The van der Waals surface area contributed by atoms with E-state index >= 15 is 0 Å². The van der Waals surface area contributed by atoms with E-state index in [0.717, 1.165) is 5.56 Å². The molecule has 0 aliphatic rings. The topological polar surface area (TPSA) is 70.2 Å². The van der Waals surface area contributed by atoms with Gasteiger partial charge >= 0.3 is 5.97 Å². The Hall–Kier alpha value is -3.74. The lowest BCUT2D eigenvalue weighted by Gasteiger charge is -2.05. The summed E-state index contributed by atoms with van der Waals surface area (Å²) < 4.78 is 25.4.